The van der Waals surface area contributed by atoms with Crippen LogP contribution in [0, 0.1) is 13.8 Å². The highest BCUT2D eigenvalue weighted by molar-refractivity contribution is 7.80. The van der Waals surface area contributed by atoms with E-state index in [1.165, 1.54) is 11.3 Å². The molecule has 6 nitrogen and oxygen atoms in total. The Bertz CT molecular complexity index is 1030. The first-order valence-electron chi connectivity index (χ1n) is 8.13. The van der Waals surface area contributed by atoms with Crippen molar-refractivity contribution in [1.29, 1.82) is 0 Å². The van der Waals surface area contributed by atoms with Crippen LogP contribution in [0.4, 0.5) is 5.13 Å². The lowest BCUT2D eigenvalue weighted by Gasteiger charge is -2.08. The predicted octanol–water partition coefficient (Wildman–Crippen LogP) is 4.06. The lowest BCUT2D eigenvalue weighted by molar-refractivity contribution is 0.0977. The summed E-state index contributed by atoms with van der Waals surface area (Å²) in [4.78, 5) is 16.9. The van der Waals surface area contributed by atoms with Crippen molar-refractivity contribution < 1.29 is 14.3 Å². The summed E-state index contributed by atoms with van der Waals surface area (Å²) in [5, 5.41) is 6.38. The third-order valence-corrected chi connectivity index (χ3v) is 5.23. The van der Waals surface area contributed by atoms with Gasteiger partial charge in [-0.2, -0.15) is 0 Å². The number of nitrogens with zero attached hydrogens (tertiary/aromatic N) is 1. The van der Waals surface area contributed by atoms with Gasteiger partial charge in [-0.1, -0.05) is 17.4 Å². The maximum atomic E-state index is 12.4. The Kier molecular flexibility index (Phi) is 5.57. The zero-order chi connectivity index (χ0) is 19.6. The zero-order valence-corrected chi connectivity index (χ0v) is 17.0. The number of methoxy groups -OCH3 is 2. The van der Waals surface area contributed by atoms with E-state index in [0.717, 1.165) is 15.8 Å². The number of ether oxygens (including phenoxy) is 2. The number of carbonyl (C=O) groups excluding carboxylic acids is 1. The molecule has 1 amide bonds. The fraction of sp³-hybridized carbons (Fsp3) is 0.211. The van der Waals surface area contributed by atoms with Crippen LogP contribution in [0.2, 0.25) is 0 Å². The minimum Gasteiger partial charge on any atom is -0.497 e. The second-order valence-electron chi connectivity index (χ2n) is 5.90. The van der Waals surface area contributed by atoms with Crippen LogP contribution in [0.5, 0.6) is 11.5 Å². The molecule has 0 unspecified atom stereocenters. The van der Waals surface area contributed by atoms with Gasteiger partial charge in [-0.3, -0.25) is 10.1 Å². The molecular formula is C19H19N3O3S2. The summed E-state index contributed by atoms with van der Waals surface area (Å²) in [7, 11) is 3.17. The molecule has 3 aromatic rings. The quantitative estimate of drug-likeness (QED) is 0.643. The van der Waals surface area contributed by atoms with Gasteiger partial charge in [0.2, 0.25) is 0 Å². The first-order valence-corrected chi connectivity index (χ1v) is 9.36. The highest BCUT2D eigenvalue weighted by atomic mass is 32.1. The van der Waals surface area contributed by atoms with E-state index >= 15 is 0 Å². The summed E-state index contributed by atoms with van der Waals surface area (Å²) in [6.45, 7) is 3.96. The van der Waals surface area contributed by atoms with Gasteiger partial charge in [-0.15, -0.1) is 0 Å². The third kappa shape index (κ3) is 4.17. The van der Waals surface area contributed by atoms with Crippen molar-refractivity contribution in [2.75, 3.05) is 19.5 Å². The van der Waals surface area contributed by atoms with Crippen LogP contribution in [0.1, 0.15) is 21.5 Å². The second-order valence-corrected chi connectivity index (χ2v) is 7.34. The average Bonchev–Trinajstić information content (AvgIpc) is 3.04. The number of aromatic nitrogens is 1. The summed E-state index contributed by atoms with van der Waals surface area (Å²) in [6, 6.07) is 9.16. The number of rotatable bonds is 4. The number of hydrogen-bond donors (Lipinski definition) is 2. The number of anilines is 1. The molecule has 0 aliphatic heterocycles. The van der Waals surface area contributed by atoms with Crippen LogP contribution < -0.4 is 20.1 Å². The van der Waals surface area contributed by atoms with Crippen molar-refractivity contribution in [3.63, 3.8) is 0 Å². The molecule has 0 spiro atoms. The monoisotopic (exact) mass is 401 g/mol. The van der Waals surface area contributed by atoms with Gasteiger partial charge in [-0.25, -0.2) is 4.98 Å². The van der Waals surface area contributed by atoms with Crippen LogP contribution >= 0.6 is 23.6 Å². The van der Waals surface area contributed by atoms with E-state index in [0.29, 0.717) is 27.7 Å². The van der Waals surface area contributed by atoms with Crippen molar-refractivity contribution in [3.05, 3.63) is 47.0 Å². The molecule has 0 radical (unpaired) electrons. The summed E-state index contributed by atoms with van der Waals surface area (Å²) < 4.78 is 11.5. The van der Waals surface area contributed by atoms with Crippen LogP contribution in [-0.4, -0.2) is 30.2 Å². The number of amides is 1. The van der Waals surface area contributed by atoms with Crippen LogP contribution in [0.15, 0.2) is 30.3 Å². The van der Waals surface area contributed by atoms with E-state index in [1.807, 2.05) is 32.0 Å². The van der Waals surface area contributed by atoms with Gasteiger partial charge in [0.05, 0.1) is 18.9 Å². The molecule has 0 aliphatic rings. The Morgan fingerprint density at radius 2 is 1.89 bits per heavy atom. The first kappa shape index (κ1) is 19.1. The molecule has 3 rings (SSSR count). The summed E-state index contributed by atoms with van der Waals surface area (Å²) in [6.07, 6.45) is 0. The molecule has 1 heterocycles. The topological polar surface area (TPSA) is 72.5 Å². The van der Waals surface area contributed by atoms with E-state index in [1.54, 1.807) is 26.4 Å². The number of thiazole rings is 1. The van der Waals surface area contributed by atoms with E-state index in [9.17, 15) is 4.79 Å². The lowest BCUT2D eigenvalue weighted by atomic mass is 10.1. The third-order valence-electron chi connectivity index (χ3n) is 4.11. The number of thiocarbonyl (C=S) groups is 1. The Morgan fingerprint density at radius 1 is 1.11 bits per heavy atom. The van der Waals surface area contributed by atoms with Crippen molar-refractivity contribution in [1.82, 2.24) is 10.3 Å². The molecule has 0 fully saturated rings. The Hall–Kier alpha value is -2.71. The number of fused-ring (bicyclic) bond motifs is 1. The van der Waals surface area contributed by atoms with Crippen molar-refractivity contribution in [2.45, 2.75) is 13.8 Å². The summed E-state index contributed by atoms with van der Waals surface area (Å²) in [5.74, 6) is 1.02. The van der Waals surface area contributed by atoms with Crippen LogP contribution in [0.25, 0.3) is 10.2 Å². The average molecular weight is 402 g/mol. The molecule has 1 aromatic heterocycles. The standard InChI is InChI=1S/C19H19N3O3S2/c1-10-5-6-12(7-11(10)2)17(23)21-18(26)22-19-20-16-14(25-4)8-13(24-3)9-15(16)27-19/h5-9H,1-4H3,(H2,20,21,22,23,26). The number of nitrogens with one attached hydrogen (secondary N) is 2. The van der Waals surface area contributed by atoms with E-state index < -0.39 is 0 Å². The zero-order valence-electron chi connectivity index (χ0n) is 15.4. The van der Waals surface area contributed by atoms with Crippen molar-refractivity contribution in [3.8, 4) is 11.5 Å². The first-order chi connectivity index (χ1) is 12.9. The summed E-state index contributed by atoms with van der Waals surface area (Å²) >= 11 is 6.64. The van der Waals surface area contributed by atoms with Gasteiger partial charge in [-0.05, 0) is 55.4 Å². The van der Waals surface area contributed by atoms with E-state index in [-0.39, 0.29) is 11.0 Å². The fourth-order valence-electron chi connectivity index (χ4n) is 2.49. The molecule has 0 saturated carbocycles. The minimum atomic E-state index is -0.268. The van der Waals surface area contributed by atoms with Crippen molar-refractivity contribution in [2.24, 2.45) is 0 Å². The molecule has 27 heavy (non-hydrogen) atoms. The highest BCUT2D eigenvalue weighted by Gasteiger charge is 2.14. The van der Waals surface area contributed by atoms with E-state index in [4.69, 9.17) is 21.7 Å². The van der Waals surface area contributed by atoms with Gasteiger partial charge >= 0.3 is 0 Å². The lowest BCUT2D eigenvalue weighted by Crippen LogP contribution is -2.34. The molecule has 0 atom stereocenters. The Labute approximate surface area is 166 Å². The maximum Gasteiger partial charge on any atom is 0.257 e. The van der Waals surface area contributed by atoms with Gasteiger partial charge in [0.1, 0.15) is 17.0 Å². The molecule has 2 aromatic carbocycles. The number of aryl methyl sites for hydroxylation is 2. The van der Waals surface area contributed by atoms with Crippen LogP contribution in [0.3, 0.4) is 0 Å². The molecule has 0 bridgehead atoms. The molecule has 8 heteroatoms. The van der Waals surface area contributed by atoms with Gasteiger partial charge in [0, 0.05) is 11.6 Å². The number of benzene rings is 2. The predicted molar refractivity (Wildman–Crippen MR) is 112 cm³/mol. The van der Waals surface area contributed by atoms with Gasteiger partial charge in [0.15, 0.2) is 10.2 Å². The van der Waals surface area contributed by atoms with Gasteiger partial charge < -0.3 is 14.8 Å². The van der Waals surface area contributed by atoms with Crippen molar-refractivity contribution >= 4 is 49.9 Å². The largest absolute Gasteiger partial charge is 0.497 e. The van der Waals surface area contributed by atoms with E-state index in [2.05, 4.69) is 15.6 Å². The normalized spacial score (nSPS) is 10.5. The molecule has 2 N–H and O–H groups in total. The summed E-state index contributed by atoms with van der Waals surface area (Å²) in [5.41, 5.74) is 3.44. The minimum absolute atomic E-state index is 0.184. The van der Waals surface area contributed by atoms with Gasteiger partial charge in [0.25, 0.3) is 5.91 Å². The fourth-order valence-corrected chi connectivity index (χ4v) is 3.66. The highest BCUT2D eigenvalue weighted by Crippen LogP contribution is 2.36. The molecular weight excluding hydrogens is 382 g/mol. The Balaban J connectivity index is 1.75. The number of hydrogen-bond acceptors (Lipinski definition) is 6. The maximum absolute atomic E-state index is 12.4. The van der Waals surface area contributed by atoms with Crippen LogP contribution in [-0.2, 0) is 0 Å². The smallest absolute Gasteiger partial charge is 0.257 e. The SMILES string of the molecule is COc1cc(OC)c2nc(NC(=S)NC(=O)c3ccc(C)c(C)c3)sc2c1. The molecule has 0 aliphatic carbocycles. The molecule has 140 valence electrons. The second kappa shape index (κ2) is 7.89. The Morgan fingerprint density at radius 3 is 2.56 bits per heavy atom. The number of carbonyl (C=O) groups is 1. The molecule has 0 saturated heterocycles.